The molecule has 150 valence electrons. The minimum atomic E-state index is -0.456. The normalized spacial score (nSPS) is 10.6. The molecule has 29 heavy (non-hydrogen) atoms. The molecule has 0 saturated heterocycles. The number of carbonyl (C=O) groups excluding carboxylic acids is 1. The van der Waals surface area contributed by atoms with Crippen molar-refractivity contribution in [1.82, 2.24) is 19.4 Å². The second-order valence-electron chi connectivity index (χ2n) is 5.90. The molecular weight excluding hydrogens is 441 g/mol. The van der Waals surface area contributed by atoms with Gasteiger partial charge in [-0.2, -0.15) is 0 Å². The molecule has 0 radical (unpaired) electrons. The number of anilines is 1. The van der Waals surface area contributed by atoms with E-state index in [2.05, 4.69) is 36.2 Å². The van der Waals surface area contributed by atoms with E-state index in [4.69, 9.17) is 4.42 Å². The summed E-state index contributed by atoms with van der Waals surface area (Å²) in [7, 11) is 0. The second-order valence-corrected chi connectivity index (χ2v) is 6.82. The Kier molecular flexibility index (Phi) is 6.07. The van der Waals surface area contributed by atoms with Crippen molar-refractivity contribution in [1.29, 1.82) is 0 Å². The summed E-state index contributed by atoms with van der Waals surface area (Å²) in [4.78, 5) is 25.0. The molecule has 0 saturated carbocycles. The maximum absolute atomic E-state index is 14.4. The lowest BCUT2D eigenvalue weighted by atomic mass is 10.1. The van der Waals surface area contributed by atoms with Gasteiger partial charge in [-0.3, -0.25) is 9.20 Å². The third kappa shape index (κ3) is 4.34. The summed E-state index contributed by atoms with van der Waals surface area (Å²) in [6, 6.07) is 4.26. The predicted octanol–water partition coefficient (Wildman–Crippen LogP) is 5.18. The van der Waals surface area contributed by atoms with E-state index in [9.17, 15) is 9.18 Å². The first kappa shape index (κ1) is 20.7. The number of carbonyl (C=O) groups is 1. The molecule has 9 heteroatoms. The van der Waals surface area contributed by atoms with Crippen molar-refractivity contribution >= 4 is 33.3 Å². The number of nitrogens with one attached hydrogen (secondary N) is 1. The van der Waals surface area contributed by atoms with Gasteiger partial charge in [-0.05, 0) is 41.1 Å². The zero-order valence-electron chi connectivity index (χ0n) is 16.3. The van der Waals surface area contributed by atoms with Crippen LogP contribution in [0.3, 0.4) is 0 Å². The summed E-state index contributed by atoms with van der Waals surface area (Å²) in [5.41, 5.74) is 1.56. The molecule has 4 aromatic rings. The van der Waals surface area contributed by atoms with E-state index >= 15 is 0 Å². The smallest absolute Gasteiger partial charge is 0.293 e. The van der Waals surface area contributed by atoms with Crippen LogP contribution in [-0.4, -0.2) is 25.3 Å². The Morgan fingerprint density at radius 1 is 1.21 bits per heavy atom. The highest BCUT2D eigenvalue weighted by atomic mass is 79.9. The lowest BCUT2D eigenvalue weighted by molar-refractivity contribution is 0.0994. The molecule has 0 fully saturated rings. The highest BCUT2D eigenvalue weighted by molar-refractivity contribution is 9.10. The van der Waals surface area contributed by atoms with Gasteiger partial charge in [0.15, 0.2) is 5.89 Å². The number of benzene rings is 1. The Hall–Kier alpha value is -3.07. The molecule has 4 rings (SSSR count). The van der Waals surface area contributed by atoms with Crippen molar-refractivity contribution < 1.29 is 13.6 Å². The Bertz CT molecular complexity index is 1190. The van der Waals surface area contributed by atoms with Gasteiger partial charge in [0, 0.05) is 36.8 Å². The van der Waals surface area contributed by atoms with E-state index in [-0.39, 0.29) is 11.3 Å². The third-order valence-electron chi connectivity index (χ3n) is 3.89. The van der Waals surface area contributed by atoms with Crippen molar-refractivity contribution in [3.63, 3.8) is 0 Å². The topological polar surface area (TPSA) is 85.3 Å². The zero-order chi connectivity index (χ0) is 21.1. The SMILES string of the molecule is CC.Cc1nc(C)c(C(=O)Nc2ccc(F)c(-c3cn4cc(Br)cnc4n3)c2)o1. The van der Waals surface area contributed by atoms with Crippen LogP contribution in [0.4, 0.5) is 10.1 Å². The van der Waals surface area contributed by atoms with Crippen molar-refractivity contribution in [3.8, 4) is 11.3 Å². The van der Waals surface area contributed by atoms with Crippen molar-refractivity contribution in [3.05, 3.63) is 64.4 Å². The number of aromatic nitrogens is 4. The Balaban J connectivity index is 0.00000117. The molecule has 7 nitrogen and oxygen atoms in total. The molecule has 1 amide bonds. The lowest BCUT2D eigenvalue weighted by Crippen LogP contribution is -2.12. The summed E-state index contributed by atoms with van der Waals surface area (Å²) in [6.45, 7) is 7.35. The summed E-state index contributed by atoms with van der Waals surface area (Å²) >= 11 is 3.33. The van der Waals surface area contributed by atoms with Gasteiger partial charge in [0.1, 0.15) is 5.82 Å². The van der Waals surface area contributed by atoms with Gasteiger partial charge in [-0.1, -0.05) is 13.8 Å². The van der Waals surface area contributed by atoms with Crippen LogP contribution in [0.15, 0.2) is 45.7 Å². The van der Waals surface area contributed by atoms with E-state index in [1.54, 1.807) is 36.8 Å². The molecule has 0 aliphatic carbocycles. The summed E-state index contributed by atoms with van der Waals surface area (Å²) in [5.74, 6) is 0.0594. The number of imidazole rings is 1. The van der Waals surface area contributed by atoms with Crippen LogP contribution in [0.25, 0.3) is 17.0 Å². The molecule has 0 atom stereocenters. The fourth-order valence-corrected chi connectivity index (χ4v) is 3.04. The lowest BCUT2D eigenvalue weighted by Gasteiger charge is -2.06. The second kappa shape index (κ2) is 8.52. The van der Waals surface area contributed by atoms with E-state index in [1.807, 2.05) is 13.8 Å². The van der Waals surface area contributed by atoms with Crippen LogP contribution in [0, 0.1) is 19.7 Å². The first-order valence-corrected chi connectivity index (χ1v) is 9.75. The number of hydrogen-bond acceptors (Lipinski definition) is 5. The molecular formula is C20H19BrFN5O2. The van der Waals surface area contributed by atoms with E-state index in [1.165, 1.54) is 18.2 Å². The Labute approximate surface area is 175 Å². The molecule has 0 spiro atoms. The minimum absolute atomic E-state index is 0.125. The number of amides is 1. The van der Waals surface area contributed by atoms with Gasteiger partial charge in [-0.15, -0.1) is 0 Å². The molecule has 0 aliphatic heterocycles. The summed E-state index contributed by atoms with van der Waals surface area (Å²) in [5, 5.41) is 2.70. The standard InChI is InChI=1S/C18H13BrFN5O2.C2H6/c1-9-16(27-10(2)22-9)17(26)23-12-3-4-14(20)13(5-12)15-8-25-7-11(19)6-21-18(25)24-15;1-2/h3-8H,1-2H3,(H,23,26);1-2H3. The maximum atomic E-state index is 14.4. The van der Waals surface area contributed by atoms with E-state index in [0.29, 0.717) is 28.7 Å². The van der Waals surface area contributed by atoms with Crippen molar-refractivity contribution in [2.45, 2.75) is 27.7 Å². The molecule has 3 heterocycles. The number of fused-ring (bicyclic) bond motifs is 1. The minimum Gasteiger partial charge on any atom is -0.436 e. The quantitative estimate of drug-likeness (QED) is 0.455. The zero-order valence-corrected chi connectivity index (χ0v) is 17.9. The van der Waals surface area contributed by atoms with Crippen LogP contribution >= 0.6 is 15.9 Å². The molecule has 0 aliphatic rings. The number of rotatable bonds is 3. The van der Waals surface area contributed by atoms with Gasteiger partial charge in [0.05, 0.1) is 15.9 Å². The Morgan fingerprint density at radius 2 is 1.97 bits per heavy atom. The molecule has 1 N–H and O–H groups in total. The Morgan fingerprint density at radius 3 is 2.66 bits per heavy atom. The largest absolute Gasteiger partial charge is 0.436 e. The fraction of sp³-hybridized carbons (Fsp3) is 0.200. The number of oxazole rings is 1. The monoisotopic (exact) mass is 459 g/mol. The predicted molar refractivity (Wildman–Crippen MR) is 111 cm³/mol. The van der Waals surface area contributed by atoms with Crippen LogP contribution in [0.5, 0.6) is 0 Å². The van der Waals surface area contributed by atoms with Crippen LogP contribution in [0.2, 0.25) is 0 Å². The number of aryl methyl sites for hydroxylation is 2. The van der Waals surface area contributed by atoms with Gasteiger partial charge >= 0.3 is 0 Å². The van der Waals surface area contributed by atoms with Crippen molar-refractivity contribution in [2.75, 3.05) is 5.32 Å². The van der Waals surface area contributed by atoms with Crippen LogP contribution < -0.4 is 5.32 Å². The number of nitrogens with zero attached hydrogens (tertiary/aromatic N) is 4. The average molecular weight is 460 g/mol. The van der Waals surface area contributed by atoms with Crippen molar-refractivity contribution in [2.24, 2.45) is 0 Å². The first-order chi connectivity index (χ1) is 13.9. The third-order valence-corrected chi connectivity index (χ3v) is 4.30. The van der Waals surface area contributed by atoms with E-state index in [0.717, 1.165) is 4.47 Å². The highest BCUT2D eigenvalue weighted by Gasteiger charge is 2.17. The number of hydrogen-bond donors (Lipinski definition) is 1. The average Bonchev–Trinajstić information content (AvgIpc) is 3.26. The van der Waals surface area contributed by atoms with Gasteiger partial charge in [-0.25, -0.2) is 19.3 Å². The van der Waals surface area contributed by atoms with Gasteiger partial charge < -0.3 is 9.73 Å². The van der Waals surface area contributed by atoms with Gasteiger partial charge in [0.2, 0.25) is 11.5 Å². The van der Waals surface area contributed by atoms with Crippen LogP contribution in [-0.2, 0) is 0 Å². The van der Waals surface area contributed by atoms with Gasteiger partial charge in [0.25, 0.3) is 5.91 Å². The first-order valence-electron chi connectivity index (χ1n) is 8.96. The molecule has 1 aromatic carbocycles. The fourth-order valence-electron chi connectivity index (χ4n) is 2.72. The number of halogens is 2. The molecule has 0 unspecified atom stereocenters. The summed E-state index contributed by atoms with van der Waals surface area (Å²) < 4.78 is 22.1. The summed E-state index contributed by atoms with van der Waals surface area (Å²) in [6.07, 6.45) is 5.05. The highest BCUT2D eigenvalue weighted by Crippen LogP contribution is 2.26. The maximum Gasteiger partial charge on any atom is 0.293 e. The van der Waals surface area contributed by atoms with Crippen LogP contribution in [0.1, 0.15) is 36.0 Å². The van der Waals surface area contributed by atoms with E-state index < -0.39 is 11.7 Å². The molecule has 0 bridgehead atoms. The molecule has 3 aromatic heterocycles.